The Balaban J connectivity index is 2.60. The van der Waals surface area contributed by atoms with E-state index in [9.17, 15) is 4.79 Å². The van der Waals surface area contributed by atoms with E-state index in [-0.39, 0.29) is 0 Å². The minimum atomic E-state index is 0.761. The van der Waals surface area contributed by atoms with Crippen LogP contribution in [0.5, 0.6) is 0 Å². The maximum atomic E-state index is 10.9. The number of benzene rings is 1. The van der Waals surface area contributed by atoms with Gasteiger partial charge in [0.15, 0.2) is 0 Å². The normalized spacial score (nSPS) is 10.3. The van der Waals surface area contributed by atoms with Gasteiger partial charge in [-0.25, -0.2) is 0 Å². The molecule has 1 aromatic heterocycles. The smallest absolute Gasteiger partial charge is 0.150 e. The molecule has 0 amide bonds. The maximum absolute atomic E-state index is 10.9. The van der Waals surface area contributed by atoms with Gasteiger partial charge in [0.05, 0.1) is 0 Å². The van der Waals surface area contributed by atoms with Crippen molar-refractivity contribution in [2.45, 2.75) is 20.8 Å². The van der Waals surface area contributed by atoms with Crippen molar-refractivity contribution in [2.24, 2.45) is 0 Å². The summed E-state index contributed by atoms with van der Waals surface area (Å²) in [5.41, 5.74) is 6.20. The topological polar surface area (TPSA) is 30.0 Å². The highest BCUT2D eigenvalue weighted by atomic mass is 16.1. The molecule has 2 heteroatoms. The first-order valence-corrected chi connectivity index (χ1v) is 5.61. The summed E-state index contributed by atoms with van der Waals surface area (Å²) in [5, 5.41) is 0. The molecule has 0 aliphatic carbocycles. The van der Waals surface area contributed by atoms with E-state index in [0.717, 1.165) is 34.2 Å². The molecule has 0 aliphatic heterocycles. The van der Waals surface area contributed by atoms with E-state index < -0.39 is 0 Å². The van der Waals surface area contributed by atoms with Crippen LogP contribution in [0.15, 0.2) is 30.5 Å². The number of aryl methyl sites for hydroxylation is 3. The maximum Gasteiger partial charge on any atom is 0.150 e. The van der Waals surface area contributed by atoms with Crippen LogP contribution in [0.2, 0.25) is 0 Å². The quantitative estimate of drug-likeness (QED) is 0.732. The predicted octanol–water partition coefficient (Wildman–Crippen LogP) is 3.49. The highest BCUT2D eigenvalue weighted by Crippen LogP contribution is 2.26. The first-order chi connectivity index (χ1) is 8.11. The zero-order chi connectivity index (χ0) is 12.4. The molecule has 86 valence electrons. The average molecular weight is 225 g/mol. The molecule has 1 heterocycles. The Morgan fingerprint density at radius 3 is 2.47 bits per heavy atom. The summed E-state index contributed by atoms with van der Waals surface area (Å²) in [4.78, 5) is 15.1. The zero-order valence-corrected chi connectivity index (χ0v) is 10.3. The van der Waals surface area contributed by atoms with E-state index in [2.05, 4.69) is 17.1 Å². The largest absolute Gasteiger partial charge is 0.298 e. The average Bonchev–Trinajstić information content (AvgIpc) is 2.31. The van der Waals surface area contributed by atoms with Crippen LogP contribution in [0.25, 0.3) is 11.1 Å². The van der Waals surface area contributed by atoms with Crippen molar-refractivity contribution < 1.29 is 4.79 Å². The third-order valence-electron chi connectivity index (χ3n) is 2.95. The molecule has 0 N–H and O–H groups in total. The van der Waals surface area contributed by atoms with Gasteiger partial charge in [-0.3, -0.25) is 9.78 Å². The zero-order valence-electron chi connectivity index (χ0n) is 10.3. The third kappa shape index (κ3) is 2.26. The van der Waals surface area contributed by atoms with Crippen molar-refractivity contribution in [3.8, 4) is 11.1 Å². The first kappa shape index (κ1) is 11.5. The molecule has 0 unspecified atom stereocenters. The Morgan fingerprint density at radius 1 is 1.06 bits per heavy atom. The third-order valence-corrected chi connectivity index (χ3v) is 2.95. The fourth-order valence-electron chi connectivity index (χ4n) is 1.99. The van der Waals surface area contributed by atoms with Crippen molar-refractivity contribution in [3.05, 3.63) is 52.8 Å². The Bertz CT molecular complexity index is 573. The molecule has 0 atom stereocenters. The number of pyridine rings is 1. The molecule has 1 aromatic carbocycles. The van der Waals surface area contributed by atoms with E-state index in [0.29, 0.717) is 0 Å². The monoisotopic (exact) mass is 225 g/mol. The number of nitrogens with zero attached hydrogens (tertiary/aromatic N) is 1. The summed E-state index contributed by atoms with van der Waals surface area (Å²) in [6, 6.07) is 8.05. The minimum Gasteiger partial charge on any atom is -0.298 e. The van der Waals surface area contributed by atoms with Crippen molar-refractivity contribution >= 4 is 6.29 Å². The fourth-order valence-corrected chi connectivity index (χ4v) is 1.99. The van der Waals surface area contributed by atoms with E-state index in [1.807, 2.05) is 39.1 Å². The molecular formula is C15H15NO. The molecule has 17 heavy (non-hydrogen) atoms. The highest BCUT2D eigenvalue weighted by molar-refractivity contribution is 5.81. The molecule has 0 fully saturated rings. The van der Waals surface area contributed by atoms with Gasteiger partial charge in [-0.15, -0.1) is 0 Å². The van der Waals surface area contributed by atoms with Gasteiger partial charge < -0.3 is 0 Å². The number of carbonyl (C=O) groups is 1. The van der Waals surface area contributed by atoms with Crippen LogP contribution in [0.4, 0.5) is 0 Å². The lowest BCUT2D eigenvalue weighted by Crippen LogP contribution is -1.92. The minimum absolute atomic E-state index is 0.761. The summed E-state index contributed by atoms with van der Waals surface area (Å²) < 4.78 is 0. The van der Waals surface area contributed by atoms with Crippen LogP contribution < -0.4 is 0 Å². The van der Waals surface area contributed by atoms with Crippen LogP contribution >= 0.6 is 0 Å². The lowest BCUT2D eigenvalue weighted by atomic mass is 9.96. The Labute approximate surface area is 101 Å². The predicted molar refractivity (Wildman–Crippen MR) is 69.3 cm³/mol. The van der Waals surface area contributed by atoms with E-state index in [1.165, 1.54) is 5.56 Å². The number of rotatable bonds is 2. The second-order valence-electron chi connectivity index (χ2n) is 4.33. The number of aldehydes is 1. The molecule has 2 nitrogen and oxygen atoms in total. The van der Waals surface area contributed by atoms with Gasteiger partial charge in [0.25, 0.3) is 0 Å². The van der Waals surface area contributed by atoms with E-state index in [4.69, 9.17) is 0 Å². The van der Waals surface area contributed by atoms with Crippen molar-refractivity contribution in [1.82, 2.24) is 4.98 Å². The fraction of sp³-hybridized carbons (Fsp3) is 0.200. The number of hydrogen-bond acceptors (Lipinski definition) is 2. The lowest BCUT2D eigenvalue weighted by Gasteiger charge is -2.09. The molecule has 0 bridgehead atoms. The van der Waals surface area contributed by atoms with Gasteiger partial charge in [-0.05, 0) is 61.2 Å². The summed E-state index contributed by atoms with van der Waals surface area (Å²) in [6.07, 6.45) is 2.72. The van der Waals surface area contributed by atoms with Gasteiger partial charge in [0.2, 0.25) is 0 Å². The lowest BCUT2D eigenvalue weighted by molar-refractivity contribution is 0.112. The van der Waals surface area contributed by atoms with E-state index >= 15 is 0 Å². The van der Waals surface area contributed by atoms with Gasteiger partial charge in [0.1, 0.15) is 6.29 Å². The number of hydrogen-bond donors (Lipinski definition) is 0. The van der Waals surface area contributed by atoms with Gasteiger partial charge >= 0.3 is 0 Å². The van der Waals surface area contributed by atoms with E-state index in [1.54, 1.807) is 0 Å². The highest BCUT2D eigenvalue weighted by Gasteiger charge is 2.06. The number of aromatic nitrogens is 1. The summed E-state index contributed by atoms with van der Waals surface area (Å²) in [5.74, 6) is 0. The molecular weight excluding hydrogens is 210 g/mol. The standard InChI is InChI=1S/C15H15NO/c1-10-7-15(11(2)6-14(10)9-17)13-4-5-16-12(3)8-13/h4-9H,1-3H3. The van der Waals surface area contributed by atoms with Crippen LogP contribution in [-0.4, -0.2) is 11.3 Å². The molecule has 0 radical (unpaired) electrons. The SMILES string of the molecule is Cc1cc(-c2cc(C)c(C=O)cc2C)ccn1. The van der Waals surface area contributed by atoms with Crippen molar-refractivity contribution in [3.63, 3.8) is 0 Å². The molecule has 0 spiro atoms. The summed E-state index contributed by atoms with van der Waals surface area (Å²) in [6.45, 7) is 5.96. The molecule has 2 aromatic rings. The summed E-state index contributed by atoms with van der Waals surface area (Å²) in [7, 11) is 0. The van der Waals surface area contributed by atoms with Crippen LogP contribution in [-0.2, 0) is 0 Å². The Morgan fingerprint density at radius 2 is 1.82 bits per heavy atom. The first-order valence-electron chi connectivity index (χ1n) is 5.61. The molecule has 2 rings (SSSR count). The molecule has 0 aliphatic rings. The second-order valence-corrected chi connectivity index (χ2v) is 4.33. The van der Waals surface area contributed by atoms with Crippen LogP contribution in [0.1, 0.15) is 27.2 Å². The summed E-state index contributed by atoms with van der Waals surface area (Å²) >= 11 is 0. The van der Waals surface area contributed by atoms with Gasteiger partial charge in [-0.1, -0.05) is 6.07 Å². The van der Waals surface area contributed by atoms with Crippen LogP contribution in [0.3, 0.4) is 0 Å². The van der Waals surface area contributed by atoms with Gasteiger partial charge in [0, 0.05) is 17.5 Å². The van der Waals surface area contributed by atoms with Crippen LogP contribution in [0, 0.1) is 20.8 Å². The van der Waals surface area contributed by atoms with Crippen molar-refractivity contribution in [2.75, 3.05) is 0 Å². The van der Waals surface area contributed by atoms with Crippen molar-refractivity contribution in [1.29, 1.82) is 0 Å². The Kier molecular flexibility index (Phi) is 3.05. The molecule has 0 saturated heterocycles. The molecule has 0 saturated carbocycles. The Hall–Kier alpha value is -1.96. The second kappa shape index (κ2) is 4.50. The number of carbonyl (C=O) groups excluding carboxylic acids is 1. The van der Waals surface area contributed by atoms with Gasteiger partial charge in [-0.2, -0.15) is 0 Å².